The van der Waals surface area contributed by atoms with Gasteiger partial charge in [-0.1, -0.05) is 32.0 Å². The molecule has 0 bridgehead atoms. The predicted octanol–water partition coefficient (Wildman–Crippen LogP) is 2.83. The van der Waals surface area contributed by atoms with Gasteiger partial charge in [-0.05, 0) is 49.9 Å². The smallest absolute Gasteiger partial charge is 0.179 e. The van der Waals surface area contributed by atoms with Gasteiger partial charge in [-0.15, -0.1) is 0 Å². The second-order valence-electron chi connectivity index (χ2n) is 6.06. The highest BCUT2D eigenvalue weighted by molar-refractivity contribution is 7.91. The predicted molar refractivity (Wildman–Crippen MR) is 82.5 cm³/mol. The lowest BCUT2D eigenvalue weighted by molar-refractivity contribution is 0.165. The van der Waals surface area contributed by atoms with Crippen LogP contribution in [-0.4, -0.2) is 38.7 Å². The summed E-state index contributed by atoms with van der Waals surface area (Å²) in [5.74, 6) is 1.77. The van der Waals surface area contributed by atoms with Crippen LogP contribution >= 0.6 is 0 Å². The van der Waals surface area contributed by atoms with Gasteiger partial charge in [0.25, 0.3) is 0 Å². The Morgan fingerprint density at radius 3 is 2.30 bits per heavy atom. The van der Waals surface area contributed by atoms with Crippen molar-refractivity contribution in [3.05, 3.63) is 30.3 Å². The standard InChI is InChI=1S/C16H25NO2S/c1-14(2)15-8-10-17(11-9-15)12-13-20(18,19)16-6-4-3-5-7-16/h3-7,14-15H,8-13H2,1-2H3. The molecular formula is C16H25NO2S. The van der Waals surface area contributed by atoms with E-state index in [9.17, 15) is 8.42 Å². The van der Waals surface area contributed by atoms with Crippen LogP contribution in [0.5, 0.6) is 0 Å². The molecule has 0 unspecified atom stereocenters. The van der Waals surface area contributed by atoms with E-state index in [4.69, 9.17) is 0 Å². The van der Waals surface area contributed by atoms with Gasteiger partial charge in [0.2, 0.25) is 0 Å². The minimum Gasteiger partial charge on any atom is -0.302 e. The van der Waals surface area contributed by atoms with E-state index >= 15 is 0 Å². The van der Waals surface area contributed by atoms with Crippen LogP contribution in [0, 0.1) is 11.8 Å². The molecule has 0 N–H and O–H groups in total. The Bertz CT molecular complexity index is 503. The molecule has 1 aliphatic heterocycles. The molecule has 2 rings (SSSR count). The van der Waals surface area contributed by atoms with E-state index in [0.29, 0.717) is 11.4 Å². The van der Waals surface area contributed by atoms with Gasteiger partial charge in [0, 0.05) is 6.54 Å². The van der Waals surface area contributed by atoms with E-state index in [2.05, 4.69) is 18.7 Å². The lowest BCUT2D eigenvalue weighted by atomic mass is 9.87. The highest BCUT2D eigenvalue weighted by atomic mass is 32.2. The monoisotopic (exact) mass is 295 g/mol. The van der Waals surface area contributed by atoms with Gasteiger partial charge in [0.1, 0.15) is 0 Å². The molecule has 20 heavy (non-hydrogen) atoms. The molecule has 3 nitrogen and oxygen atoms in total. The van der Waals surface area contributed by atoms with E-state index in [1.807, 2.05) is 6.07 Å². The van der Waals surface area contributed by atoms with Crippen molar-refractivity contribution >= 4 is 9.84 Å². The third-order valence-electron chi connectivity index (χ3n) is 4.35. The van der Waals surface area contributed by atoms with Crippen LogP contribution in [0.1, 0.15) is 26.7 Å². The van der Waals surface area contributed by atoms with Gasteiger partial charge in [-0.2, -0.15) is 0 Å². The molecular weight excluding hydrogens is 270 g/mol. The Hall–Kier alpha value is -0.870. The molecule has 1 aromatic rings. The molecule has 0 aromatic heterocycles. The first kappa shape index (κ1) is 15.5. The van der Waals surface area contributed by atoms with Crippen molar-refractivity contribution in [3.63, 3.8) is 0 Å². The summed E-state index contributed by atoms with van der Waals surface area (Å²) >= 11 is 0. The average Bonchev–Trinajstić information content (AvgIpc) is 2.46. The molecule has 1 saturated heterocycles. The van der Waals surface area contributed by atoms with Gasteiger partial charge < -0.3 is 4.90 Å². The molecule has 0 aliphatic carbocycles. The second kappa shape index (κ2) is 6.72. The largest absolute Gasteiger partial charge is 0.302 e. The first-order valence-corrected chi connectivity index (χ1v) is 9.14. The zero-order valence-electron chi connectivity index (χ0n) is 12.5. The topological polar surface area (TPSA) is 37.4 Å². The number of hydrogen-bond acceptors (Lipinski definition) is 3. The maximum absolute atomic E-state index is 12.2. The highest BCUT2D eigenvalue weighted by Crippen LogP contribution is 2.24. The van der Waals surface area contributed by atoms with Gasteiger partial charge in [-0.3, -0.25) is 0 Å². The van der Waals surface area contributed by atoms with Crippen LogP contribution in [0.25, 0.3) is 0 Å². The molecule has 1 fully saturated rings. The summed E-state index contributed by atoms with van der Waals surface area (Å²) in [7, 11) is -3.13. The fourth-order valence-electron chi connectivity index (χ4n) is 2.84. The van der Waals surface area contributed by atoms with Crippen LogP contribution in [0.15, 0.2) is 35.2 Å². The van der Waals surface area contributed by atoms with Crippen molar-refractivity contribution in [1.82, 2.24) is 4.90 Å². The van der Waals surface area contributed by atoms with Gasteiger partial charge in [0.05, 0.1) is 10.6 Å². The molecule has 0 spiro atoms. The molecule has 1 aliphatic rings. The molecule has 0 amide bonds. The van der Waals surface area contributed by atoms with Crippen molar-refractivity contribution in [2.45, 2.75) is 31.6 Å². The fraction of sp³-hybridized carbons (Fsp3) is 0.625. The lowest BCUT2D eigenvalue weighted by Crippen LogP contribution is -2.38. The van der Waals surface area contributed by atoms with E-state index in [1.54, 1.807) is 24.3 Å². The molecule has 1 heterocycles. The summed E-state index contributed by atoms with van der Waals surface area (Å²) in [5.41, 5.74) is 0. The summed E-state index contributed by atoms with van der Waals surface area (Å²) in [6, 6.07) is 8.76. The average molecular weight is 295 g/mol. The van der Waals surface area contributed by atoms with E-state index in [0.717, 1.165) is 24.9 Å². The summed E-state index contributed by atoms with van der Waals surface area (Å²) in [6.45, 7) is 7.28. The van der Waals surface area contributed by atoms with Gasteiger partial charge in [0.15, 0.2) is 9.84 Å². The number of benzene rings is 1. The molecule has 112 valence electrons. The van der Waals surface area contributed by atoms with Crippen molar-refractivity contribution in [2.75, 3.05) is 25.4 Å². The Morgan fingerprint density at radius 2 is 1.75 bits per heavy atom. The zero-order chi connectivity index (χ0) is 14.6. The molecule has 4 heteroatoms. The summed E-state index contributed by atoms with van der Waals surface area (Å²) in [6.07, 6.45) is 2.39. The molecule has 0 saturated carbocycles. The number of likely N-dealkylation sites (tertiary alicyclic amines) is 1. The fourth-order valence-corrected chi connectivity index (χ4v) is 4.14. The zero-order valence-corrected chi connectivity index (χ0v) is 13.3. The lowest BCUT2D eigenvalue weighted by Gasteiger charge is -2.33. The summed E-state index contributed by atoms with van der Waals surface area (Å²) in [5, 5.41) is 0. The van der Waals surface area contributed by atoms with Gasteiger partial charge in [-0.25, -0.2) is 8.42 Å². The van der Waals surface area contributed by atoms with Crippen LogP contribution in [0.2, 0.25) is 0 Å². The minimum absolute atomic E-state index is 0.226. The highest BCUT2D eigenvalue weighted by Gasteiger charge is 2.23. The molecule has 1 aromatic carbocycles. The maximum Gasteiger partial charge on any atom is 0.179 e. The van der Waals surface area contributed by atoms with Crippen LogP contribution < -0.4 is 0 Å². The molecule has 0 radical (unpaired) electrons. The third-order valence-corrected chi connectivity index (χ3v) is 6.06. The Kier molecular flexibility index (Phi) is 5.22. The minimum atomic E-state index is -3.13. The molecule has 0 atom stereocenters. The van der Waals surface area contributed by atoms with Crippen molar-refractivity contribution in [3.8, 4) is 0 Å². The number of sulfone groups is 1. The maximum atomic E-state index is 12.2. The van der Waals surface area contributed by atoms with E-state index < -0.39 is 9.84 Å². The number of piperidine rings is 1. The van der Waals surface area contributed by atoms with Crippen molar-refractivity contribution in [2.24, 2.45) is 11.8 Å². The SMILES string of the molecule is CC(C)C1CCN(CCS(=O)(=O)c2ccccc2)CC1. The van der Waals surface area contributed by atoms with E-state index in [1.165, 1.54) is 12.8 Å². The number of nitrogens with zero attached hydrogens (tertiary/aromatic N) is 1. The first-order chi connectivity index (χ1) is 9.49. The third kappa shape index (κ3) is 4.06. The Labute approximate surface area is 122 Å². The normalized spacial score (nSPS) is 18.6. The number of hydrogen-bond donors (Lipinski definition) is 0. The number of rotatable bonds is 5. The quantitative estimate of drug-likeness (QED) is 0.838. The Balaban J connectivity index is 1.85. The summed E-state index contributed by atoms with van der Waals surface area (Å²) < 4.78 is 24.4. The second-order valence-corrected chi connectivity index (χ2v) is 8.16. The van der Waals surface area contributed by atoms with E-state index in [-0.39, 0.29) is 5.75 Å². The van der Waals surface area contributed by atoms with Crippen molar-refractivity contribution in [1.29, 1.82) is 0 Å². The van der Waals surface area contributed by atoms with Crippen LogP contribution in [0.4, 0.5) is 0 Å². The van der Waals surface area contributed by atoms with Crippen LogP contribution in [0.3, 0.4) is 0 Å². The first-order valence-electron chi connectivity index (χ1n) is 7.49. The van der Waals surface area contributed by atoms with Gasteiger partial charge >= 0.3 is 0 Å². The van der Waals surface area contributed by atoms with Crippen molar-refractivity contribution < 1.29 is 8.42 Å². The Morgan fingerprint density at radius 1 is 1.15 bits per heavy atom. The van der Waals surface area contributed by atoms with Crippen LogP contribution in [-0.2, 0) is 9.84 Å². The summed E-state index contributed by atoms with van der Waals surface area (Å²) in [4.78, 5) is 2.73.